The number of piperidine rings is 1. The third-order valence-electron chi connectivity index (χ3n) is 7.65. The highest BCUT2D eigenvalue weighted by Crippen LogP contribution is 2.50. The molecule has 1 aromatic carbocycles. The molecule has 0 N–H and O–H groups in total. The first-order valence-corrected chi connectivity index (χ1v) is 12.6. The van der Waals surface area contributed by atoms with Crippen LogP contribution >= 0.6 is 0 Å². The first kappa shape index (κ1) is 26.2. The van der Waals surface area contributed by atoms with Gasteiger partial charge in [0.2, 0.25) is 0 Å². The van der Waals surface area contributed by atoms with Gasteiger partial charge in [0.15, 0.2) is 0 Å². The summed E-state index contributed by atoms with van der Waals surface area (Å²) < 4.78 is 54.1. The van der Waals surface area contributed by atoms with Crippen molar-refractivity contribution in [1.29, 1.82) is 0 Å². The first-order valence-electron chi connectivity index (χ1n) is 12.6. The van der Waals surface area contributed by atoms with E-state index in [1.54, 1.807) is 12.1 Å². The molecule has 3 rings (SSSR count). The molecule has 0 aromatic heterocycles. The summed E-state index contributed by atoms with van der Waals surface area (Å²) in [7, 11) is 0. The van der Waals surface area contributed by atoms with Gasteiger partial charge < -0.3 is 0 Å². The Morgan fingerprint density at radius 1 is 1.00 bits per heavy atom. The van der Waals surface area contributed by atoms with E-state index in [2.05, 4.69) is 38.7 Å². The van der Waals surface area contributed by atoms with Gasteiger partial charge in [0.05, 0.1) is 0 Å². The fourth-order valence-electron chi connectivity index (χ4n) is 6.12. The van der Waals surface area contributed by atoms with Crippen LogP contribution in [0.15, 0.2) is 35.9 Å². The molecule has 1 aliphatic carbocycles. The number of hydrogen-bond acceptors (Lipinski definition) is 1. The molecular formula is C28H41F4N. The van der Waals surface area contributed by atoms with Gasteiger partial charge >= 0.3 is 6.18 Å². The SMILES string of the molecule is CC/C=C(/CC(C)(C)C)CC1(N2CCC(Cc3ccc(F)cc3)(CC(F)(F)F)CC2)CCC1. The fraction of sp³-hybridized carbons (Fsp3) is 0.714. The van der Waals surface area contributed by atoms with Gasteiger partial charge in [0, 0.05) is 12.0 Å². The van der Waals surface area contributed by atoms with Crippen molar-refractivity contribution >= 4 is 0 Å². The Balaban J connectivity index is 1.74. The van der Waals surface area contributed by atoms with Crippen LogP contribution in [0.1, 0.15) is 91.0 Å². The number of rotatable bonds is 8. The predicted octanol–water partition coefficient (Wildman–Crippen LogP) is 8.49. The molecule has 1 nitrogen and oxygen atoms in total. The van der Waals surface area contributed by atoms with E-state index in [0.29, 0.717) is 32.4 Å². The van der Waals surface area contributed by atoms with Crippen molar-refractivity contribution in [3.05, 3.63) is 47.3 Å². The second kappa shape index (κ2) is 10.1. The summed E-state index contributed by atoms with van der Waals surface area (Å²) >= 11 is 0. The third kappa shape index (κ3) is 7.31. The van der Waals surface area contributed by atoms with Crippen LogP contribution in [0.3, 0.4) is 0 Å². The van der Waals surface area contributed by atoms with Crippen molar-refractivity contribution in [2.45, 2.75) is 104 Å². The van der Waals surface area contributed by atoms with Crippen molar-refractivity contribution in [3.8, 4) is 0 Å². The lowest BCUT2D eigenvalue weighted by Crippen LogP contribution is -2.58. The van der Waals surface area contributed by atoms with Gasteiger partial charge in [-0.3, -0.25) is 4.90 Å². The number of nitrogens with zero attached hydrogens (tertiary/aromatic N) is 1. The van der Waals surface area contributed by atoms with E-state index in [-0.39, 0.29) is 16.8 Å². The number of alkyl halides is 3. The minimum atomic E-state index is -4.19. The smallest absolute Gasteiger partial charge is 0.297 e. The third-order valence-corrected chi connectivity index (χ3v) is 7.65. The second-order valence-corrected chi connectivity index (χ2v) is 11.8. The van der Waals surface area contributed by atoms with Crippen LogP contribution in [-0.2, 0) is 6.42 Å². The maximum Gasteiger partial charge on any atom is 0.389 e. The van der Waals surface area contributed by atoms with Gasteiger partial charge in [0.1, 0.15) is 5.82 Å². The zero-order valence-electron chi connectivity index (χ0n) is 20.8. The van der Waals surface area contributed by atoms with Crippen molar-refractivity contribution < 1.29 is 17.6 Å². The van der Waals surface area contributed by atoms with E-state index in [1.165, 1.54) is 24.1 Å². The molecule has 1 saturated heterocycles. The van der Waals surface area contributed by atoms with Crippen LogP contribution < -0.4 is 0 Å². The lowest BCUT2D eigenvalue weighted by Gasteiger charge is -2.55. The molecule has 5 heteroatoms. The summed E-state index contributed by atoms with van der Waals surface area (Å²) in [6.07, 6.45) is 5.48. The Morgan fingerprint density at radius 2 is 1.61 bits per heavy atom. The zero-order chi connectivity index (χ0) is 24.3. The molecule has 0 amide bonds. The van der Waals surface area contributed by atoms with E-state index in [0.717, 1.165) is 37.7 Å². The van der Waals surface area contributed by atoms with Crippen molar-refractivity contribution in [2.24, 2.45) is 10.8 Å². The van der Waals surface area contributed by atoms with Gasteiger partial charge in [-0.15, -0.1) is 0 Å². The van der Waals surface area contributed by atoms with Crippen LogP contribution in [0.4, 0.5) is 17.6 Å². The summed E-state index contributed by atoms with van der Waals surface area (Å²) in [4.78, 5) is 2.52. The standard InChI is InChI=1S/C28H41F4N/c1-5-7-23(18-25(2,3)4)20-27(12-6-13-27)33-16-14-26(15-17-33,21-28(30,31)32)19-22-8-10-24(29)11-9-22/h7-11H,5-6,12-21H2,1-4H3/b23-7-. The largest absolute Gasteiger partial charge is 0.389 e. The molecule has 0 unspecified atom stereocenters. The molecule has 186 valence electrons. The summed E-state index contributed by atoms with van der Waals surface area (Å²) in [5.41, 5.74) is 1.84. The van der Waals surface area contributed by atoms with Crippen LogP contribution in [0.5, 0.6) is 0 Å². The molecule has 1 aromatic rings. The lowest BCUT2D eigenvalue weighted by atomic mass is 9.66. The number of benzene rings is 1. The Kier molecular flexibility index (Phi) is 8.03. The minimum Gasteiger partial charge on any atom is -0.297 e. The monoisotopic (exact) mass is 467 g/mol. The Morgan fingerprint density at radius 3 is 2.06 bits per heavy atom. The molecule has 0 radical (unpaired) electrons. The highest BCUT2D eigenvalue weighted by molar-refractivity contribution is 5.19. The van der Waals surface area contributed by atoms with Crippen LogP contribution in [-0.4, -0.2) is 29.7 Å². The Bertz CT molecular complexity index is 789. The first-order chi connectivity index (χ1) is 15.3. The summed E-state index contributed by atoms with van der Waals surface area (Å²) in [6.45, 7) is 10.4. The van der Waals surface area contributed by atoms with Gasteiger partial charge in [-0.05, 0) is 99.4 Å². The van der Waals surface area contributed by atoms with Gasteiger partial charge in [0.25, 0.3) is 0 Å². The number of halogens is 4. The zero-order valence-corrected chi connectivity index (χ0v) is 20.8. The molecule has 33 heavy (non-hydrogen) atoms. The number of likely N-dealkylation sites (tertiary alicyclic amines) is 1. The lowest BCUT2D eigenvalue weighted by molar-refractivity contribution is -0.168. The molecule has 0 bridgehead atoms. The maximum atomic E-state index is 13.6. The topological polar surface area (TPSA) is 3.24 Å². The molecule has 1 heterocycles. The predicted molar refractivity (Wildman–Crippen MR) is 128 cm³/mol. The Hall–Kier alpha value is -1.36. The molecule has 2 fully saturated rings. The van der Waals surface area contributed by atoms with E-state index >= 15 is 0 Å². The summed E-state index contributed by atoms with van der Waals surface area (Å²) in [6, 6.07) is 5.99. The van der Waals surface area contributed by atoms with Gasteiger partial charge in [-0.2, -0.15) is 13.2 Å². The minimum absolute atomic E-state index is 0.118. The number of hydrogen-bond donors (Lipinski definition) is 0. The van der Waals surface area contributed by atoms with Crippen molar-refractivity contribution in [2.75, 3.05) is 13.1 Å². The maximum absolute atomic E-state index is 13.6. The summed E-state index contributed by atoms with van der Waals surface area (Å²) in [5.74, 6) is -0.350. The van der Waals surface area contributed by atoms with E-state index in [1.807, 2.05) is 0 Å². The van der Waals surface area contributed by atoms with Crippen molar-refractivity contribution in [1.82, 2.24) is 4.90 Å². The Labute approximate surface area is 197 Å². The van der Waals surface area contributed by atoms with Crippen LogP contribution in [0.25, 0.3) is 0 Å². The fourth-order valence-corrected chi connectivity index (χ4v) is 6.12. The van der Waals surface area contributed by atoms with Gasteiger partial charge in [-0.1, -0.05) is 51.5 Å². The van der Waals surface area contributed by atoms with E-state index in [9.17, 15) is 17.6 Å². The van der Waals surface area contributed by atoms with Crippen LogP contribution in [0.2, 0.25) is 0 Å². The number of allylic oxidation sites excluding steroid dienone is 1. The quantitative estimate of drug-likeness (QED) is 0.274. The molecular weight excluding hydrogens is 426 g/mol. The highest BCUT2D eigenvalue weighted by atomic mass is 19.4. The van der Waals surface area contributed by atoms with Crippen LogP contribution in [0, 0.1) is 16.6 Å². The molecule has 2 aliphatic rings. The van der Waals surface area contributed by atoms with Crippen molar-refractivity contribution in [3.63, 3.8) is 0 Å². The average Bonchev–Trinajstić information content (AvgIpc) is 2.65. The second-order valence-electron chi connectivity index (χ2n) is 11.8. The molecule has 0 spiro atoms. The highest BCUT2D eigenvalue weighted by Gasteiger charge is 2.49. The molecule has 1 aliphatic heterocycles. The van der Waals surface area contributed by atoms with Gasteiger partial charge in [-0.25, -0.2) is 4.39 Å². The van der Waals surface area contributed by atoms with E-state index in [4.69, 9.17) is 0 Å². The molecule has 0 atom stereocenters. The molecule has 1 saturated carbocycles. The summed E-state index contributed by atoms with van der Waals surface area (Å²) in [5, 5.41) is 0. The normalized spacial score (nSPS) is 21.6. The average molecular weight is 468 g/mol. The van der Waals surface area contributed by atoms with E-state index < -0.39 is 18.0 Å².